The minimum Gasteiger partial charge on any atom is -0.493 e. The van der Waals surface area contributed by atoms with Gasteiger partial charge in [-0.3, -0.25) is 5.32 Å². The van der Waals surface area contributed by atoms with Crippen molar-refractivity contribution in [1.82, 2.24) is 4.90 Å². The molecule has 30 heavy (non-hydrogen) atoms. The van der Waals surface area contributed by atoms with Gasteiger partial charge in [-0.1, -0.05) is 30.3 Å². The number of amides is 1. The highest BCUT2D eigenvalue weighted by Crippen LogP contribution is 2.55. The molecule has 0 unspecified atom stereocenters. The first-order chi connectivity index (χ1) is 14.6. The number of para-hydroxylation sites is 1. The topological polar surface area (TPSA) is 60.0 Å². The number of carbonyl (C=O) groups is 1. The zero-order chi connectivity index (χ0) is 20.7. The molecule has 0 bridgehead atoms. The fourth-order valence-corrected chi connectivity index (χ4v) is 4.96. The molecule has 3 aliphatic rings. The standard InChI is InChI=1S/C24H26N2O4/c1-26-13-12-24-11-10-18(29-23(27)25-17-6-4-3-5-7-17)14-20(24)30-22-19(28-2)9-8-16(15-26)21(22)24/h3-11,18,20H,12-15H2,1-2H3,(H,25,27)/t18-,20-,24-/m0/s1. The summed E-state index contributed by atoms with van der Waals surface area (Å²) < 4.78 is 17.8. The average Bonchev–Trinajstić information content (AvgIpc) is 3.00. The maximum Gasteiger partial charge on any atom is 0.412 e. The average molecular weight is 406 g/mol. The smallest absolute Gasteiger partial charge is 0.412 e. The molecule has 0 saturated heterocycles. The van der Waals surface area contributed by atoms with E-state index in [1.165, 1.54) is 11.1 Å². The van der Waals surface area contributed by atoms with E-state index >= 15 is 0 Å². The normalized spacial score (nSPS) is 26.7. The highest BCUT2D eigenvalue weighted by atomic mass is 16.6. The summed E-state index contributed by atoms with van der Waals surface area (Å²) in [5, 5.41) is 2.78. The molecule has 2 heterocycles. The summed E-state index contributed by atoms with van der Waals surface area (Å²) in [6, 6.07) is 13.5. The molecule has 1 aliphatic carbocycles. The van der Waals surface area contributed by atoms with Gasteiger partial charge < -0.3 is 19.1 Å². The van der Waals surface area contributed by atoms with Gasteiger partial charge in [0.1, 0.15) is 12.2 Å². The number of rotatable bonds is 3. The molecule has 1 N–H and O–H groups in total. The second-order valence-corrected chi connectivity index (χ2v) is 8.30. The lowest BCUT2D eigenvalue weighted by Crippen LogP contribution is -2.44. The van der Waals surface area contributed by atoms with Crippen LogP contribution in [0.4, 0.5) is 10.5 Å². The number of benzene rings is 2. The number of nitrogens with zero attached hydrogens (tertiary/aromatic N) is 1. The minimum atomic E-state index is -0.457. The van der Waals surface area contributed by atoms with E-state index in [2.05, 4.69) is 29.4 Å². The van der Waals surface area contributed by atoms with Crippen molar-refractivity contribution in [2.75, 3.05) is 26.0 Å². The van der Waals surface area contributed by atoms with Gasteiger partial charge in [-0.15, -0.1) is 0 Å². The summed E-state index contributed by atoms with van der Waals surface area (Å²) >= 11 is 0. The Morgan fingerprint density at radius 1 is 1.23 bits per heavy atom. The molecule has 0 radical (unpaired) electrons. The maximum absolute atomic E-state index is 12.4. The summed E-state index contributed by atoms with van der Waals surface area (Å²) in [5.41, 5.74) is 3.02. The molecule has 3 atom stereocenters. The third kappa shape index (κ3) is 3.12. The van der Waals surface area contributed by atoms with E-state index < -0.39 is 6.09 Å². The lowest BCUT2D eigenvalue weighted by molar-refractivity contribution is 0.0667. The van der Waals surface area contributed by atoms with Gasteiger partial charge in [-0.05, 0) is 49.9 Å². The molecular weight excluding hydrogens is 380 g/mol. The van der Waals surface area contributed by atoms with E-state index in [1.807, 2.05) is 42.5 Å². The number of methoxy groups -OCH3 is 1. The Balaban J connectivity index is 1.41. The Morgan fingerprint density at radius 3 is 2.87 bits per heavy atom. The fourth-order valence-electron chi connectivity index (χ4n) is 4.96. The van der Waals surface area contributed by atoms with Crippen molar-refractivity contribution in [1.29, 1.82) is 0 Å². The summed E-state index contributed by atoms with van der Waals surface area (Å²) in [7, 11) is 3.82. The summed E-state index contributed by atoms with van der Waals surface area (Å²) in [6.45, 7) is 1.86. The Morgan fingerprint density at radius 2 is 2.07 bits per heavy atom. The third-order valence-electron chi connectivity index (χ3n) is 6.41. The number of hydrogen-bond acceptors (Lipinski definition) is 5. The number of nitrogens with one attached hydrogen (secondary N) is 1. The maximum atomic E-state index is 12.4. The molecule has 0 aromatic heterocycles. The van der Waals surface area contributed by atoms with Crippen molar-refractivity contribution < 1.29 is 19.0 Å². The molecule has 6 nitrogen and oxygen atoms in total. The van der Waals surface area contributed by atoms with Gasteiger partial charge in [0.15, 0.2) is 11.5 Å². The SMILES string of the molecule is COc1ccc2c3c1O[C@H]1C[C@@H](OC(=O)Nc4ccccc4)C=C[C@@]31CCN(C)C2. The lowest BCUT2D eigenvalue weighted by atomic mass is 9.69. The van der Waals surface area contributed by atoms with Crippen LogP contribution in [-0.2, 0) is 16.7 Å². The highest BCUT2D eigenvalue weighted by Gasteiger charge is 2.53. The van der Waals surface area contributed by atoms with Crippen LogP contribution < -0.4 is 14.8 Å². The first-order valence-electron chi connectivity index (χ1n) is 10.4. The van der Waals surface area contributed by atoms with Crippen LogP contribution in [0, 0.1) is 0 Å². The molecular formula is C24H26N2O4. The quantitative estimate of drug-likeness (QED) is 0.778. The first kappa shape index (κ1) is 19.0. The van der Waals surface area contributed by atoms with Crippen molar-refractivity contribution in [2.45, 2.75) is 37.0 Å². The number of anilines is 1. The molecule has 0 saturated carbocycles. The number of carbonyl (C=O) groups excluding carboxylic acids is 1. The van der Waals surface area contributed by atoms with E-state index in [9.17, 15) is 4.79 Å². The zero-order valence-electron chi connectivity index (χ0n) is 17.3. The van der Waals surface area contributed by atoms with Crippen LogP contribution in [0.25, 0.3) is 0 Å². The van der Waals surface area contributed by atoms with Crippen LogP contribution in [-0.4, -0.2) is 43.9 Å². The van der Waals surface area contributed by atoms with E-state index in [0.29, 0.717) is 12.1 Å². The Kier molecular flexibility index (Phi) is 4.66. The van der Waals surface area contributed by atoms with Crippen LogP contribution in [0.1, 0.15) is 24.0 Å². The molecule has 5 rings (SSSR count). The van der Waals surface area contributed by atoms with Gasteiger partial charge >= 0.3 is 6.09 Å². The Bertz CT molecular complexity index is 990. The van der Waals surface area contributed by atoms with Gasteiger partial charge in [0, 0.05) is 24.2 Å². The van der Waals surface area contributed by atoms with Crippen molar-refractivity contribution in [3.05, 3.63) is 65.7 Å². The largest absolute Gasteiger partial charge is 0.493 e. The third-order valence-corrected chi connectivity index (χ3v) is 6.41. The Labute approximate surface area is 176 Å². The van der Waals surface area contributed by atoms with Crippen molar-refractivity contribution in [2.24, 2.45) is 0 Å². The van der Waals surface area contributed by atoms with E-state index in [0.717, 1.165) is 31.0 Å². The van der Waals surface area contributed by atoms with Crippen molar-refractivity contribution in [3.8, 4) is 11.5 Å². The van der Waals surface area contributed by atoms with Gasteiger partial charge in [0.25, 0.3) is 0 Å². The molecule has 156 valence electrons. The highest BCUT2D eigenvalue weighted by molar-refractivity contribution is 5.84. The van der Waals surface area contributed by atoms with Gasteiger partial charge in [-0.25, -0.2) is 4.79 Å². The summed E-state index contributed by atoms with van der Waals surface area (Å²) in [4.78, 5) is 14.7. The van der Waals surface area contributed by atoms with Gasteiger partial charge in [-0.2, -0.15) is 0 Å². The van der Waals surface area contributed by atoms with Crippen molar-refractivity contribution >= 4 is 11.8 Å². The van der Waals surface area contributed by atoms with Crippen molar-refractivity contribution in [3.63, 3.8) is 0 Å². The fraction of sp³-hybridized carbons (Fsp3) is 0.375. The number of hydrogen-bond donors (Lipinski definition) is 1. The van der Waals surface area contributed by atoms with E-state index in [1.54, 1.807) is 7.11 Å². The molecule has 0 fully saturated rings. The van der Waals surface area contributed by atoms with Gasteiger partial charge in [0.2, 0.25) is 0 Å². The molecule has 2 aromatic carbocycles. The molecule has 6 heteroatoms. The van der Waals surface area contributed by atoms with E-state index in [-0.39, 0.29) is 17.6 Å². The number of ether oxygens (including phenoxy) is 3. The first-order valence-corrected chi connectivity index (χ1v) is 10.4. The molecule has 2 aromatic rings. The second kappa shape index (κ2) is 7.36. The zero-order valence-corrected chi connectivity index (χ0v) is 17.3. The summed E-state index contributed by atoms with van der Waals surface area (Å²) in [5.74, 6) is 1.61. The second-order valence-electron chi connectivity index (χ2n) is 8.30. The molecule has 2 aliphatic heterocycles. The molecule has 1 amide bonds. The van der Waals surface area contributed by atoms with Crippen LogP contribution in [0.15, 0.2) is 54.6 Å². The van der Waals surface area contributed by atoms with Crippen LogP contribution in [0.5, 0.6) is 11.5 Å². The molecule has 1 spiro atoms. The van der Waals surface area contributed by atoms with Crippen LogP contribution in [0.2, 0.25) is 0 Å². The van der Waals surface area contributed by atoms with Crippen LogP contribution >= 0.6 is 0 Å². The summed E-state index contributed by atoms with van der Waals surface area (Å²) in [6.07, 6.45) is 4.91. The Hall–Kier alpha value is -2.99. The predicted molar refractivity (Wildman–Crippen MR) is 114 cm³/mol. The minimum absolute atomic E-state index is 0.0893. The van der Waals surface area contributed by atoms with Gasteiger partial charge in [0.05, 0.1) is 12.5 Å². The predicted octanol–water partition coefficient (Wildman–Crippen LogP) is 4.11. The monoisotopic (exact) mass is 406 g/mol. The lowest BCUT2D eigenvalue weighted by Gasteiger charge is -2.36. The van der Waals surface area contributed by atoms with E-state index in [4.69, 9.17) is 14.2 Å². The van der Waals surface area contributed by atoms with Crippen LogP contribution in [0.3, 0.4) is 0 Å².